The monoisotopic (exact) mass is 319 g/mol. The molecule has 0 atom stereocenters. The molecule has 1 aromatic carbocycles. The predicted molar refractivity (Wildman–Crippen MR) is 85.4 cm³/mol. The number of amides is 2. The van der Waals surface area contributed by atoms with Crippen molar-refractivity contribution >= 4 is 17.5 Å². The van der Waals surface area contributed by atoms with Gasteiger partial charge in [-0.15, -0.1) is 0 Å². The minimum atomic E-state index is -0.321. The van der Waals surface area contributed by atoms with Gasteiger partial charge in [0.15, 0.2) is 0 Å². The summed E-state index contributed by atoms with van der Waals surface area (Å²) in [6, 6.07) is 5.98. The zero-order valence-electron chi connectivity index (χ0n) is 13.1. The Labute approximate surface area is 135 Å². The van der Waals surface area contributed by atoms with Gasteiger partial charge < -0.3 is 10.6 Å². The van der Waals surface area contributed by atoms with Crippen molar-refractivity contribution in [2.45, 2.75) is 31.7 Å². The minimum absolute atomic E-state index is 0.0999. The molecule has 0 unspecified atom stereocenters. The third-order valence-corrected chi connectivity index (χ3v) is 4.38. The Balaban J connectivity index is 1.38. The first-order valence-electron chi connectivity index (χ1n) is 8.18. The third-order valence-electron chi connectivity index (χ3n) is 4.38. The van der Waals surface area contributed by atoms with Gasteiger partial charge in [-0.2, -0.15) is 0 Å². The largest absolute Gasteiger partial charge is 0.353 e. The summed E-state index contributed by atoms with van der Waals surface area (Å²) in [5.41, 5.74) is 0.600. The van der Waals surface area contributed by atoms with Crippen LogP contribution in [0.4, 0.5) is 10.1 Å². The van der Waals surface area contributed by atoms with Crippen LogP contribution in [0.5, 0.6) is 0 Å². The molecule has 2 aliphatic rings. The summed E-state index contributed by atoms with van der Waals surface area (Å²) in [5.74, 6) is 0.0161. The summed E-state index contributed by atoms with van der Waals surface area (Å²) in [7, 11) is 0. The van der Waals surface area contributed by atoms with Gasteiger partial charge in [0.05, 0.1) is 6.54 Å². The Morgan fingerprint density at radius 1 is 1.09 bits per heavy atom. The van der Waals surface area contributed by atoms with Gasteiger partial charge in [-0.25, -0.2) is 4.39 Å². The van der Waals surface area contributed by atoms with E-state index in [1.807, 2.05) is 0 Å². The summed E-state index contributed by atoms with van der Waals surface area (Å²) in [6.07, 6.45) is 3.80. The number of anilines is 1. The lowest BCUT2D eigenvalue weighted by atomic mass is 10.0. The van der Waals surface area contributed by atoms with E-state index in [9.17, 15) is 14.0 Å². The molecular formula is C17H22FN3O2. The van der Waals surface area contributed by atoms with Crippen LogP contribution in [0.15, 0.2) is 24.3 Å². The van der Waals surface area contributed by atoms with Crippen LogP contribution in [-0.2, 0) is 9.59 Å². The molecule has 2 amide bonds. The van der Waals surface area contributed by atoms with E-state index in [4.69, 9.17) is 0 Å². The number of rotatable bonds is 5. The number of nitrogens with zero attached hydrogens (tertiary/aromatic N) is 1. The predicted octanol–water partition coefficient (Wildman–Crippen LogP) is 1.75. The molecule has 1 saturated heterocycles. The molecule has 0 spiro atoms. The van der Waals surface area contributed by atoms with Crippen LogP contribution in [-0.4, -0.2) is 42.4 Å². The molecule has 1 aromatic rings. The van der Waals surface area contributed by atoms with Crippen molar-refractivity contribution in [1.82, 2.24) is 10.2 Å². The van der Waals surface area contributed by atoms with E-state index >= 15 is 0 Å². The quantitative estimate of drug-likeness (QED) is 0.869. The molecule has 1 heterocycles. The summed E-state index contributed by atoms with van der Waals surface area (Å²) >= 11 is 0. The van der Waals surface area contributed by atoms with Crippen LogP contribution in [0.2, 0.25) is 0 Å². The van der Waals surface area contributed by atoms with Crippen LogP contribution < -0.4 is 10.6 Å². The maximum Gasteiger partial charge on any atom is 0.238 e. The number of hydrogen-bond donors (Lipinski definition) is 2. The number of halogens is 1. The minimum Gasteiger partial charge on any atom is -0.353 e. The van der Waals surface area contributed by atoms with Crippen molar-refractivity contribution in [1.29, 1.82) is 0 Å². The van der Waals surface area contributed by atoms with E-state index < -0.39 is 0 Å². The van der Waals surface area contributed by atoms with Crippen molar-refractivity contribution in [2.24, 2.45) is 5.92 Å². The van der Waals surface area contributed by atoms with Gasteiger partial charge in [-0.1, -0.05) is 0 Å². The fraction of sp³-hybridized carbons (Fsp3) is 0.529. The first-order chi connectivity index (χ1) is 11.1. The molecule has 3 rings (SSSR count). The third kappa shape index (κ3) is 4.76. The molecule has 0 bridgehead atoms. The van der Waals surface area contributed by atoms with E-state index in [1.54, 1.807) is 12.1 Å². The van der Waals surface area contributed by atoms with Crippen molar-refractivity contribution in [3.8, 4) is 0 Å². The first-order valence-corrected chi connectivity index (χ1v) is 8.18. The first kappa shape index (κ1) is 15.9. The van der Waals surface area contributed by atoms with Gasteiger partial charge in [-0.3, -0.25) is 14.5 Å². The van der Waals surface area contributed by atoms with Crippen LogP contribution >= 0.6 is 0 Å². The molecule has 5 nitrogen and oxygen atoms in total. The van der Waals surface area contributed by atoms with Crippen molar-refractivity contribution < 1.29 is 14.0 Å². The number of piperidine rings is 1. The van der Waals surface area contributed by atoms with Gasteiger partial charge in [-0.05, 0) is 49.9 Å². The standard InChI is InChI=1S/C17H22FN3O2/c18-13-3-5-14(6-4-13)19-16(22)11-21-9-7-15(8-10-21)20-17(23)12-1-2-12/h3-6,12,15H,1-2,7-11H2,(H,19,22)(H,20,23). The molecule has 124 valence electrons. The van der Waals surface area contributed by atoms with Gasteiger partial charge in [0.25, 0.3) is 0 Å². The van der Waals surface area contributed by atoms with E-state index in [1.165, 1.54) is 12.1 Å². The number of hydrogen-bond acceptors (Lipinski definition) is 3. The molecule has 1 aliphatic heterocycles. The van der Waals surface area contributed by atoms with Crippen molar-refractivity contribution in [3.05, 3.63) is 30.1 Å². The zero-order chi connectivity index (χ0) is 16.2. The van der Waals surface area contributed by atoms with Gasteiger partial charge in [0.1, 0.15) is 5.82 Å². The highest BCUT2D eigenvalue weighted by Crippen LogP contribution is 2.29. The van der Waals surface area contributed by atoms with Gasteiger partial charge in [0, 0.05) is 30.7 Å². The van der Waals surface area contributed by atoms with Crippen molar-refractivity contribution in [3.63, 3.8) is 0 Å². The second-order valence-corrected chi connectivity index (χ2v) is 6.39. The van der Waals surface area contributed by atoms with E-state index in [2.05, 4.69) is 15.5 Å². The fourth-order valence-electron chi connectivity index (χ4n) is 2.84. The lowest BCUT2D eigenvalue weighted by molar-refractivity contribution is -0.123. The van der Waals surface area contributed by atoms with Gasteiger partial charge in [0.2, 0.25) is 11.8 Å². The highest BCUT2D eigenvalue weighted by Gasteiger charge is 2.31. The van der Waals surface area contributed by atoms with E-state index in [0.29, 0.717) is 12.2 Å². The highest BCUT2D eigenvalue weighted by molar-refractivity contribution is 5.92. The Morgan fingerprint density at radius 2 is 1.74 bits per heavy atom. The number of carbonyl (C=O) groups is 2. The van der Waals surface area contributed by atoms with Crippen LogP contribution in [0, 0.1) is 11.7 Å². The average Bonchev–Trinajstić information content (AvgIpc) is 3.36. The van der Waals surface area contributed by atoms with Gasteiger partial charge >= 0.3 is 0 Å². The molecular weight excluding hydrogens is 297 g/mol. The molecule has 0 aromatic heterocycles. The molecule has 6 heteroatoms. The van der Waals surface area contributed by atoms with Crippen LogP contribution in [0.25, 0.3) is 0 Å². The average molecular weight is 319 g/mol. The van der Waals surface area contributed by atoms with E-state index in [-0.39, 0.29) is 29.6 Å². The normalized spacial score (nSPS) is 19.3. The number of benzene rings is 1. The number of nitrogens with one attached hydrogen (secondary N) is 2. The van der Waals surface area contributed by atoms with Crippen LogP contribution in [0.3, 0.4) is 0 Å². The Hall–Kier alpha value is -1.95. The smallest absolute Gasteiger partial charge is 0.238 e. The number of likely N-dealkylation sites (tertiary alicyclic amines) is 1. The Kier molecular flexibility index (Phi) is 4.91. The fourth-order valence-corrected chi connectivity index (χ4v) is 2.84. The molecule has 2 N–H and O–H groups in total. The second-order valence-electron chi connectivity index (χ2n) is 6.39. The summed E-state index contributed by atoms with van der Waals surface area (Å²) < 4.78 is 12.8. The SMILES string of the molecule is O=C(CN1CCC(NC(=O)C2CC2)CC1)Nc1ccc(F)cc1. The highest BCUT2D eigenvalue weighted by atomic mass is 19.1. The summed E-state index contributed by atoms with van der Waals surface area (Å²) in [4.78, 5) is 25.8. The number of carbonyl (C=O) groups excluding carboxylic acids is 2. The molecule has 1 saturated carbocycles. The zero-order valence-corrected chi connectivity index (χ0v) is 13.1. The Bertz CT molecular complexity index is 564. The lowest BCUT2D eigenvalue weighted by Gasteiger charge is -2.31. The molecule has 23 heavy (non-hydrogen) atoms. The maximum atomic E-state index is 12.8. The Morgan fingerprint density at radius 3 is 2.35 bits per heavy atom. The van der Waals surface area contributed by atoms with Crippen molar-refractivity contribution in [2.75, 3.05) is 25.0 Å². The molecule has 1 aliphatic carbocycles. The van der Waals surface area contributed by atoms with E-state index in [0.717, 1.165) is 38.8 Å². The molecule has 2 fully saturated rings. The second kappa shape index (κ2) is 7.08. The summed E-state index contributed by atoms with van der Waals surface area (Å²) in [6.45, 7) is 1.92. The lowest BCUT2D eigenvalue weighted by Crippen LogP contribution is -2.46. The molecule has 0 radical (unpaired) electrons. The topological polar surface area (TPSA) is 61.4 Å². The maximum absolute atomic E-state index is 12.8. The van der Waals surface area contributed by atoms with Crippen LogP contribution in [0.1, 0.15) is 25.7 Å². The summed E-state index contributed by atoms with van der Waals surface area (Å²) in [5, 5.41) is 5.86.